The number of fused-ring (bicyclic) bond motifs is 1. The van der Waals surface area contributed by atoms with Crippen LogP contribution >= 0.6 is 27.5 Å². The summed E-state index contributed by atoms with van der Waals surface area (Å²) in [6, 6.07) is 5.74. The highest BCUT2D eigenvalue weighted by Gasteiger charge is 2.09. The highest BCUT2D eigenvalue weighted by molar-refractivity contribution is 9.10. The normalized spacial score (nSPS) is 10.5. The van der Waals surface area contributed by atoms with E-state index in [9.17, 15) is 0 Å². The van der Waals surface area contributed by atoms with Gasteiger partial charge in [0, 0.05) is 21.6 Å². The molecule has 88 valence electrons. The number of pyridine rings is 1. The van der Waals surface area contributed by atoms with Gasteiger partial charge in [-0.2, -0.15) is 0 Å². The molecule has 0 radical (unpaired) electrons. The van der Waals surface area contributed by atoms with Crippen LogP contribution in [-0.2, 0) is 4.74 Å². The molecule has 0 unspecified atom stereocenters. The van der Waals surface area contributed by atoms with E-state index in [4.69, 9.17) is 16.3 Å². The Hall–Kier alpha value is -1.06. The number of hydrogen-bond donors (Lipinski definition) is 0. The maximum atomic E-state index is 5.93. The SMILES string of the molecule is C=C(OCC)c1ccc(Br)c2cnc(Cl)cc12. The molecule has 0 spiro atoms. The Labute approximate surface area is 113 Å². The molecule has 0 aliphatic heterocycles. The number of aromatic nitrogens is 1. The largest absolute Gasteiger partial charge is 0.494 e. The summed E-state index contributed by atoms with van der Waals surface area (Å²) >= 11 is 9.42. The van der Waals surface area contributed by atoms with Gasteiger partial charge in [0.1, 0.15) is 10.9 Å². The molecule has 2 aromatic rings. The van der Waals surface area contributed by atoms with Crippen LogP contribution in [0.5, 0.6) is 0 Å². The fraction of sp³-hybridized carbons (Fsp3) is 0.154. The summed E-state index contributed by atoms with van der Waals surface area (Å²) in [6.07, 6.45) is 1.74. The first kappa shape index (κ1) is 12.4. The van der Waals surface area contributed by atoms with E-state index in [0.29, 0.717) is 17.5 Å². The standard InChI is InChI=1S/C13H11BrClNO/c1-3-17-8(2)9-4-5-12(14)11-7-16-13(15)6-10(9)11/h4-7H,2-3H2,1H3. The van der Waals surface area contributed by atoms with Gasteiger partial charge in [-0.25, -0.2) is 4.98 Å². The number of hydrogen-bond acceptors (Lipinski definition) is 2. The third-order valence-electron chi connectivity index (χ3n) is 2.43. The number of ether oxygens (including phenoxy) is 1. The molecular formula is C13H11BrClNO. The van der Waals surface area contributed by atoms with Crippen LogP contribution in [0.15, 0.2) is 35.4 Å². The molecule has 0 atom stereocenters. The maximum absolute atomic E-state index is 5.93. The summed E-state index contributed by atoms with van der Waals surface area (Å²) in [7, 11) is 0. The lowest BCUT2D eigenvalue weighted by molar-refractivity contribution is 0.299. The molecule has 0 saturated heterocycles. The molecule has 0 amide bonds. The Balaban J connectivity index is 2.68. The first-order valence-corrected chi connectivity index (χ1v) is 6.36. The number of rotatable bonds is 3. The van der Waals surface area contributed by atoms with Gasteiger partial charge >= 0.3 is 0 Å². The van der Waals surface area contributed by atoms with Crippen molar-refractivity contribution in [3.63, 3.8) is 0 Å². The quantitative estimate of drug-likeness (QED) is 0.607. The topological polar surface area (TPSA) is 22.1 Å². The van der Waals surface area contributed by atoms with Crippen LogP contribution in [-0.4, -0.2) is 11.6 Å². The van der Waals surface area contributed by atoms with Gasteiger partial charge in [0.15, 0.2) is 0 Å². The molecule has 0 aliphatic rings. The van der Waals surface area contributed by atoms with Gasteiger partial charge in [0.25, 0.3) is 0 Å². The van der Waals surface area contributed by atoms with Crippen LogP contribution in [0, 0.1) is 0 Å². The van der Waals surface area contributed by atoms with E-state index in [2.05, 4.69) is 27.5 Å². The van der Waals surface area contributed by atoms with Gasteiger partial charge < -0.3 is 4.74 Å². The van der Waals surface area contributed by atoms with Crippen molar-refractivity contribution in [1.82, 2.24) is 4.98 Å². The van der Waals surface area contributed by atoms with Crippen molar-refractivity contribution in [2.75, 3.05) is 6.61 Å². The van der Waals surface area contributed by atoms with E-state index in [1.54, 1.807) is 6.20 Å². The number of benzene rings is 1. The molecule has 1 aromatic heterocycles. The molecule has 0 aliphatic carbocycles. The van der Waals surface area contributed by atoms with Crippen LogP contribution < -0.4 is 0 Å². The van der Waals surface area contributed by atoms with Gasteiger partial charge in [0.2, 0.25) is 0 Å². The predicted molar refractivity (Wildman–Crippen MR) is 75.1 cm³/mol. The number of halogens is 2. The zero-order valence-electron chi connectivity index (χ0n) is 9.34. The minimum atomic E-state index is 0.459. The summed E-state index contributed by atoms with van der Waals surface area (Å²) in [5, 5.41) is 2.44. The van der Waals surface area contributed by atoms with Crippen molar-refractivity contribution in [2.45, 2.75) is 6.92 Å². The fourth-order valence-electron chi connectivity index (χ4n) is 1.67. The van der Waals surface area contributed by atoms with E-state index in [-0.39, 0.29) is 0 Å². The molecule has 0 N–H and O–H groups in total. The predicted octanol–water partition coefficient (Wildman–Crippen LogP) is 4.66. The summed E-state index contributed by atoms with van der Waals surface area (Å²) in [6.45, 7) is 6.45. The zero-order chi connectivity index (χ0) is 12.4. The van der Waals surface area contributed by atoms with Crippen LogP contribution in [0.2, 0.25) is 5.15 Å². The first-order valence-electron chi connectivity index (χ1n) is 5.19. The Morgan fingerprint density at radius 1 is 1.47 bits per heavy atom. The average molecular weight is 313 g/mol. The van der Waals surface area contributed by atoms with Crippen molar-refractivity contribution in [2.24, 2.45) is 0 Å². The van der Waals surface area contributed by atoms with Crippen molar-refractivity contribution >= 4 is 44.1 Å². The lowest BCUT2D eigenvalue weighted by atomic mass is 10.1. The molecule has 0 fully saturated rings. The molecule has 2 rings (SSSR count). The van der Waals surface area contributed by atoms with Crippen LogP contribution in [0.25, 0.3) is 16.5 Å². The Kier molecular flexibility index (Phi) is 3.69. The molecule has 1 aromatic carbocycles. The lowest BCUT2D eigenvalue weighted by Gasteiger charge is -2.11. The summed E-state index contributed by atoms with van der Waals surface area (Å²) in [5.74, 6) is 0.646. The second-order valence-corrected chi connectivity index (χ2v) is 4.75. The van der Waals surface area contributed by atoms with Crippen LogP contribution in [0.3, 0.4) is 0 Å². The highest BCUT2D eigenvalue weighted by atomic mass is 79.9. The zero-order valence-corrected chi connectivity index (χ0v) is 11.7. The molecule has 0 saturated carbocycles. The first-order chi connectivity index (χ1) is 8.13. The van der Waals surface area contributed by atoms with E-state index in [0.717, 1.165) is 20.8 Å². The Morgan fingerprint density at radius 2 is 2.24 bits per heavy atom. The summed E-state index contributed by atoms with van der Waals surface area (Å²) in [5.41, 5.74) is 0.939. The van der Waals surface area contributed by atoms with Gasteiger partial charge in [-0.15, -0.1) is 0 Å². The molecule has 17 heavy (non-hydrogen) atoms. The highest BCUT2D eigenvalue weighted by Crippen LogP contribution is 2.31. The minimum Gasteiger partial charge on any atom is -0.494 e. The second kappa shape index (κ2) is 5.07. The van der Waals surface area contributed by atoms with Crippen molar-refractivity contribution in [3.8, 4) is 0 Å². The molecule has 2 nitrogen and oxygen atoms in total. The summed E-state index contributed by atoms with van der Waals surface area (Å²) in [4.78, 5) is 4.08. The Bertz CT molecular complexity index is 583. The van der Waals surface area contributed by atoms with E-state index in [1.165, 1.54) is 0 Å². The van der Waals surface area contributed by atoms with Crippen LogP contribution in [0.1, 0.15) is 12.5 Å². The average Bonchev–Trinajstić information content (AvgIpc) is 2.29. The van der Waals surface area contributed by atoms with E-state index >= 15 is 0 Å². The molecule has 0 bridgehead atoms. The maximum Gasteiger partial charge on any atom is 0.129 e. The van der Waals surface area contributed by atoms with Gasteiger partial charge in [-0.1, -0.05) is 34.1 Å². The van der Waals surface area contributed by atoms with Gasteiger partial charge in [-0.05, 0) is 30.5 Å². The smallest absolute Gasteiger partial charge is 0.129 e. The van der Waals surface area contributed by atoms with E-state index < -0.39 is 0 Å². The van der Waals surface area contributed by atoms with E-state index in [1.807, 2.05) is 25.1 Å². The third kappa shape index (κ3) is 2.45. The fourth-order valence-corrected chi connectivity index (χ4v) is 2.28. The second-order valence-electron chi connectivity index (χ2n) is 3.50. The number of nitrogens with zero attached hydrogens (tertiary/aromatic N) is 1. The van der Waals surface area contributed by atoms with Crippen molar-refractivity contribution in [3.05, 3.63) is 46.2 Å². The minimum absolute atomic E-state index is 0.459. The molecule has 1 heterocycles. The molecular weight excluding hydrogens is 302 g/mol. The lowest BCUT2D eigenvalue weighted by Crippen LogP contribution is -1.92. The summed E-state index contributed by atoms with van der Waals surface area (Å²) < 4.78 is 6.42. The monoisotopic (exact) mass is 311 g/mol. The van der Waals surface area contributed by atoms with Crippen LogP contribution in [0.4, 0.5) is 0 Å². The Morgan fingerprint density at radius 3 is 2.94 bits per heavy atom. The van der Waals surface area contributed by atoms with Gasteiger partial charge in [0.05, 0.1) is 6.61 Å². The van der Waals surface area contributed by atoms with Gasteiger partial charge in [-0.3, -0.25) is 0 Å². The van der Waals surface area contributed by atoms with Crippen molar-refractivity contribution in [1.29, 1.82) is 0 Å². The third-order valence-corrected chi connectivity index (χ3v) is 3.33. The van der Waals surface area contributed by atoms with Crippen molar-refractivity contribution < 1.29 is 4.74 Å². The molecule has 4 heteroatoms.